The molecule has 1 aromatic heterocycles. The van der Waals surface area contributed by atoms with Gasteiger partial charge in [-0.05, 0) is 38.3 Å². The third kappa shape index (κ3) is 5.61. The van der Waals surface area contributed by atoms with E-state index in [2.05, 4.69) is 41.2 Å². The molecule has 0 aromatic carbocycles. The molecular weight excluding hydrogens is 322 g/mol. The fourth-order valence-corrected chi connectivity index (χ4v) is 3.82. The smallest absolute Gasteiger partial charge is 0.128 e. The zero-order valence-electron chi connectivity index (χ0n) is 15.0. The van der Waals surface area contributed by atoms with Gasteiger partial charge in [0.05, 0.1) is 12.2 Å². The summed E-state index contributed by atoms with van der Waals surface area (Å²) in [4.78, 5) is 7.02. The van der Waals surface area contributed by atoms with Crippen molar-refractivity contribution >= 4 is 18.2 Å². The minimum Gasteiger partial charge on any atom is -0.372 e. The van der Waals surface area contributed by atoms with E-state index in [0.29, 0.717) is 6.04 Å². The topological polar surface area (TPSA) is 37.4 Å². The fraction of sp³-hybridized carbons (Fsp3) is 0.737. The van der Waals surface area contributed by atoms with Crippen LogP contribution in [0.5, 0.6) is 0 Å². The van der Waals surface area contributed by atoms with Crippen LogP contribution in [-0.4, -0.2) is 36.3 Å². The molecule has 2 fully saturated rings. The lowest BCUT2D eigenvalue weighted by molar-refractivity contribution is -0.00545. The Labute approximate surface area is 152 Å². The molecule has 0 spiro atoms. The molecule has 1 aromatic rings. The number of hydrogen-bond donors (Lipinski definition) is 1. The summed E-state index contributed by atoms with van der Waals surface area (Å²) < 4.78 is 5.80. The van der Waals surface area contributed by atoms with Crippen LogP contribution in [0.25, 0.3) is 0 Å². The molecule has 24 heavy (non-hydrogen) atoms. The molecule has 2 atom stereocenters. The molecule has 3 rings (SSSR count). The lowest BCUT2D eigenvalue weighted by Gasteiger charge is -2.36. The quantitative estimate of drug-likeness (QED) is 0.832. The summed E-state index contributed by atoms with van der Waals surface area (Å²) in [5.41, 5.74) is 1.28. The highest BCUT2D eigenvalue weighted by molar-refractivity contribution is 5.85. The Hall–Kier alpha value is -0.840. The zero-order chi connectivity index (χ0) is 16.1. The first-order chi connectivity index (χ1) is 11.2. The second-order valence-corrected chi connectivity index (χ2v) is 7.26. The third-order valence-corrected chi connectivity index (χ3v) is 5.00. The minimum absolute atomic E-state index is 0. The monoisotopic (exact) mass is 353 g/mol. The molecule has 2 unspecified atom stereocenters. The Kier molecular flexibility index (Phi) is 7.79. The van der Waals surface area contributed by atoms with Gasteiger partial charge in [-0.2, -0.15) is 0 Å². The van der Waals surface area contributed by atoms with Gasteiger partial charge < -0.3 is 15.0 Å². The summed E-state index contributed by atoms with van der Waals surface area (Å²) in [6.07, 6.45) is 10.8. The summed E-state index contributed by atoms with van der Waals surface area (Å²) in [5, 5.41) is 3.72. The van der Waals surface area contributed by atoms with Crippen LogP contribution in [0.4, 0.5) is 5.82 Å². The van der Waals surface area contributed by atoms with E-state index in [1.165, 1.54) is 44.1 Å². The van der Waals surface area contributed by atoms with E-state index in [1.807, 2.05) is 6.20 Å². The van der Waals surface area contributed by atoms with Crippen LogP contribution in [0, 0.1) is 0 Å². The Morgan fingerprint density at radius 3 is 2.33 bits per heavy atom. The second-order valence-electron chi connectivity index (χ2n) is 7.26. The summed E-state index contributed by atoms with van der Waals surface area (Å²) in [6, 6.07) is 5.07. The molecule has 1 aliphatic carbocycles. The summed E-state index contributed by atoms with van der Waals surface area (Å²) in [5.74, 6) is 1.07. The van der Waals surface area contributed by atoms with Gasteiger partial charge in [-0.15, -0.1) is 12.4 Å². The van der Waals surface area contributed by atoms with Crippen LogP contribution in [0.2, 0.25) is 0 Å². The summed E-state index contributed by atoms with van der Waals surface area (Å²) in [6.45, 7) is 7.06. The van der Waals surface area contributed by atoms with Crippen LogP contribution in [0.1, 0.15) is 57.9 Å². The van der Waals surface area contributed by atoms with Gasteiger partial charge in [0.1, 0.15) is 5.82 Å². The van der Waals surface area contributed by atoms with Crippen molar-refractivity contribution in [2.75, 3.05) is 18.0 Å². The maximum absolute atomic E-state index is 5.80. The highest BCUT2D eigenvalue weighted by atomic mass is 35.5. The number of aromatic nitrogens is 1. The lowest BCUT2D eigenvalue weighted by atomic mass is 10.1. The second kappa shape index (κ2) is 9.59. The lowest BCUT2D eigenvalue weighted by Crippen LogP contribution is -2.45. The standard InChI is InChI=1S/C19H31N3O.ClH/c1-15-13-22(14-16(2)23-15)19-10-9-17(12-21-19)11-20-18-7-5-3-4-6-8-18;/h9-10,12,15-16,18,20H,3-8,11,13-14H2,1-2H3;1H. The van der Waals surface area contributed by atoms with Crippen molar-refractivity contribution in [2.24, 2.45) is 0 Å². The first kappa shape index (κ1) is 19.5. The molecule has 1 aliphatic heterocycles. The van der Waals surface area contributed by atoms with Crippen molar-refractivity contribution in [3.63, 3.8) is 0 Å². The molecule has 0 bridgehead atoms. The summed E-state index contributed by atoms with van der Waals surface area (Å²) >= 11 is 0. The normalized spacial score (nSPS) is 25.8. The molecule has 0 radical (unpaired) electrons. The zero-order valence-corrected chi connectivity index (χ0v) is 15.9. The van der Waals surface area contributed by atoms with Gasteiger partial charge in [0, 0.05) is 31.9 Å². The van der Waals surface area contributed by atoms with E-state index in [9.17, 15) is 0 Å². The third-order valence-electron chi connectivity index (χ3n) is 5.00. The molecule has 2 heterocycles. The highest BCUT2D eigenvalue weighted by Gasteiger charge is 2.23. The van der Waals surface area contributed by atoms with Crippen LogP contribution < -0.4 is 10.2 Å². The number of halogens is 1. The van der Waals surface area contributed by atoms with Crippen molar-refractivity contribution in [1.82, 2.24) is 10.3 Å². The van der Waals surface area contributed by atoms with Crippen molar-refractivity contribution in [1.29, 1.82) is 0 Å². The Morgan fingerprint density at radius 2 is 1.75 bits per heavy atom. The van der Waals surface area contributed by atoms with Gasteiger partial charge in [-0.3, -0.25) is 0 Å². The maximum Gasteiger partial charge on any atom is 0.128 e. The number of ether oxygens (including phenoxy) is 1. The largest absolute Gasteiger partial charge is 0.372 e. The number of hydrogen-bond acceptors (Lipinski definition) is 4. The van der Waals surface area contributed by atoms with Crippen molar-refractivity contribution in [3.8, 4) is 0 Å². The van der Waals surface area contributed by atoms with E-state index in [0.717, 1.165) is 25.5 Å². The molecular formula is C19H32ClN3O. The van der Waals surface area contributed by atoms with Gasteiger partial charge in [0.2, 0.25) is 0 Å². The molecule has 1 saturated heterocycles. The van der Waals surface area contributed by atoms with Gasteiger partial charge in [-0.25, -0.2) is 4.98 Å². The predicted octanol–water partition coefficient (Wildman–Crippen LogP) is 3.93. The van der Waals surface area contributed by atoms with Crippen LogP contribution in [0.3, 0.4) is 0 Å². The van der Waals surface area contributed by atoms with Gasteiger partial charge in [0.15, 0.2) is 0 Å². The molecule has 4 nitrogen and oxygen atoms in total. The number of anilines is 1. The molecule has 1 N–H and O–H groups in total. The van der Waals surface area contributed by atoms with Crippen LogP contribution in [-0.2, 0) is 11.3 Å². The predicted molar refractivity (Wildman–Crippen MR) is 102 cm³/mol. The van der Waals surface area contributed by atoms with Crippen molar-refractivity contribution < 1.29 is 4.74 Å². The van der Waals surface area contributed by atoms with E-state index in [-0.39, 0.29) is 24.6 Å². The first-order valence-electron chi connectivity index (χ1n) is 9.29. The molecule has 5 heteroatoms. The number of nitrogens with zero attached hydrogens (tertiary/aromatic N) is 2. The Morgan fingerprint density at radius 1 is 1.08 bits per heavy atom. The van der Waals surface area contributed by atoms with E-state index < -0.39 is 0 Å². The maximum atomic E-state index is 5.80. The molecule has 2 aliphatic rings. The van der Waals surface area contributed by atoms with E-state index >= 15 is 0 Å². The van der Waals surface area contributed by atoms with E-state index in [4.69, 9.17) is 4.74 Å². The minimum atomic E-state index is 0. The SMILES string of the molecule is CC1CN(c2ccc(CNC3CCCCCC3)cn2)CC(C)O1.Cl. The number of pyridine rings is 1. The number of rotatable bonds is 4. The molecule has 0 amide bonds. The van der Waals surface area contributed by atoms with Crippen LogP contribution in [0.15, 0.2) is 18.3 Å². The molecule has 1 saturated carbocycles. The van der Waals surface area contributed by atoms with Gasteiger partial charge >= 0.3 is 0 Å². The fourth-order valence-electron chi connectivity index (χ4n) is 3.82. The van der Waals surface area contributed by atoms with Gasteiger partial charge in [0.25, 0.3) is 0 Å². The van der Waals surface area contributed by atoms with Gasteiger partial charge in [-0.1, -0.05) is 31.7 Å². The van der Waals surface area contributed by atoms with Crippen LogP contribution >= 0.6 is 12.4 Å². The average Bonchev–Trinajstić information content (AvgIpc) is 2.81. The number of morpholine rings is 1. The highest BCUT2D eigenvalue weighted by Crippen LogP contribution is 2.20. The summed E-state index contributed by atoms with van der Waals surface area (Å²) in [7, 11) is 0. The first-order valence-corrected chi connectivity index (χ1v) is 9.29. The number of nitrogens with one attached hydrogen (secondary N) is 1. The Balaban J connectivity index is 0.00000208. The average molecular weight is 354 g/mol. The van der Waals surface area contributed by atoms with Crippen molar-refractivity contribution in [3.05, 3.63) is 23.9 Å². The van der Waals surface area contributed by atoms with Crippen molar-refractivity contribution in [2.45, 2.75) is 77.2 Å². The molecule has 136 valence electrons. The van der Waals surface area contributed by atoms with E-state index in [1.54, 1.807) is 0 Å². The Bertz CT molecular complexity index is 464.